The SMILES string of the molecule is CCCn1nccc1Nc1ccc(CS(C)(=O)=O)cn1. The van der Waals surface area contributed by atoms with Crippen molar-refractivity contribution in [1.29, 1.82) is 0 Å². The zero-order valence-corrected chi connectivity index (χ0v) is 12.4. The number of rotatable bonds is 6. The van der Waals surface area contributed by atoms with Crippen molar-refractivity contribution in [1.82, 2.24) is 14.8 Å². The van der Waals surface area contributed by atoms with E-state index in [0.717, 1.165) is 18.8 Å². The van der Waals surface area contributed by atoms with Gasteiger partial charge < -0.3 is 5.32 Å². The van der Waals surface area contributed by atoms with Gasteiger partial charge in [-0.2, -0.15) is 5.10 Å². The van der Waals surface area contributed by atoms with Gasteiger partial charge in [-0.15, -0.1) is 0 Å². The van der Waals surface area contributed by atoms with Crippen molar-refractivity contribution in [2.24, 2.45) is 0 Å². The van der Waals surface area contributed by atoms with E-state index in [2.05, 4.69) is 22.3 Å². The standard InChI is InChI=1S/C13H18N4O2S/c1-3-8-17-13(6-7-15-17)16-12-5-4-11(9-14-12)10-20(2,18)19/h4-7,9H,3,8,10H2,1-2H3,(H,14,16). The van der Waals surface area contributed by atoms with Crippen LogP contribution in [0.3, 0.4) is 0 Å². The van der Waals surface area contributed by atoms with E-state index in [1.54, 1.807) is 24.5 Å². The molecule has 2 rings (SSSR count). The molecule has 2 aromatic rings. The average molecular weight is 294 g/mol. The second kappa shape index (κ2) is 6.04. The molecule has 0 aliphatic rings. The summed E-state index contributed by atoms with van der Waals surface area (Å²) in [5.41, 5.74) is 0.681. The first-order valence-corrected chi connectivity index (χ1v) is 8.45. The molecular weight excluding hydrogens is 276 g/mol. The van der Waals surface area contributed by atoms with Crippen LogP contribution in [0.2, 0.25) is 0 Å². The number of aryl methyl sites for hydroxylation is 1. The minimum absolute atomic E-state index is 0.00798. The zero-order chi connectivity index (χ0) is 14.6. The molecule has 0 unspecified atom stereocenters. The summed E-state index contributed by atoms with van der Waals surface area (Å²) in [7, 11) is -3.03. The van der Waals surface area contributed by atoms with Gasteiger partial charge in [0.15, 0.2) is 9.84 Å². The fourth-order valence-corrected chi connectivity index (χ4v) is 2.62. The number of nitrogens with one attached hydrogen (secondary N) is 1. The van der Waals surface area contributed by atoms with Crippen LogP contribution in [-0.2, 0) is 22.1 Å². The highest BCUT2D eigenvalue weighted by Gasteiger charge is 2.06. The molecule has 0 aliphatic heterocycles. The van der Waals surface area contributed by atoms with E-state index in [0.29, 0.717) is 11.4 Å². The van der Waals surface area contributed by atoms with Gasteiger partial charge in [-0.1, -0.05) is 13.0 Å². The highest BCUT2D eigenvalue weighted by molar-refractivity contribution is 7.89. The minimum atomic E-state index is -3.03. The highest BCUT2D eigenvalue weighted by atomic mass is 32.2. The summed E-state index contributed by atoms with van der Waals surface area (Å²) in [6.45, 7) is 2.92. The molecule has 0 saturated carbocycles. The molecule has 2 aromatic heterocycles. The number of aromatic nitrogens is 3. The van der Waals surface area contributed by atoms with Crippen LogP contribution in [0.1, 0.15) is 18.9 Å². The van der Waals surface area contributed by atoms with Crippen molar-refractivity contribution in [2.75, 3.05) is 11.6 Å². The number of hydrogen-bond acceptors (Lipinski definition) is 5. The zero-order valence-electron chi connectivity index (χ0n) is 11.6. The van der Waals surface area contributed by atoms with Crippen LogP contribution < -0.4 is 5.32 Å². The molecule has 0 aromatic carbocycles. The van der Waals surface area contributed by atoms with Crippen LogP contribution in [0.4, 0.5) is 11.6 Å². The van der Waals surface area contributed by atoms with Crippen molar-refractivity contribution >= 4 is 21.5 Å². The highest BCUT2D eigenvalue weighted by Crippen LogP contribution is 2.15. The lowest BCUT2D eigenvalue weighted by atomic mass is 10.3. The molecule has 108 valence electrons. The molecule has 0 bridgehead atoms. The minimum Gasteiger partial charge on any atom is -0.325 e. The van der Waals surface area contributed by atoms with Crippen LogP contribution in [0, 0.1) is 0 Å². The van der Waals surface area contributed by atoms with E-state index >= 15 is 0 Å². The molecule has 0 aliphatic carbocycles. The van der Waals surface area contributed by atoms with E-state index in [9.17, 15) is 8.42 Å². The summed E-state index contributed by atoms with van der Waals surface area (Å²) in [6, 6.07) is 5.41. The molecule has 7 heteroatoms. The van der Waals surface area contributed by atoms with Gasteiger partial charge in [-0.25, -0.2) is 18.1 Å². The normalized spacial score (nSPS) is 11.5. The van der Waals surface area contributed by atoms with Crippen molar-refractivity contribution in [3.05, 3.63) is 36.2 Å². The molecule has 0 fully saturated rings. The first-order chi connectivity index (χ1) is 9.48. The Balaban J connectivity index is 2.09. The van der Waals surface area contributed by atoms with Gasteiger partial charge in [-0.3, -0.25) is 0 Å². The summed E-state index contributed by atoms with van der Waals surface area (Å²) in [4.78, 5) is 4.22. The molecule has 0 radical (unpaired) electrons. The van der Waals surface area contributed by atoms with Crippen LogP contribution in [0.25, 0.3) is 0 Å². The largest absolute Gasteiger partial charge is 0.325 e. The third-order valence-electron chi connectivity index (χ3n) is 2.66. The lowest BCUT2D eigenvalue weighted by molar-refractivity contribution is 0.601. The van der Waals surface area contributed by atoms with Gasteiger partial charge in [0, 0.05) is 25.1 Å². The first kappa shape index (κ1) is 14.5. The van der Waals surface area contributed by atoms with Crippen LogP contribution in [-0.4, -0.2) is 29.4 Å². The van der Waals surface area contributed by atoms with Gasteiger partial charge in [0.25, 0.3) is 0 Å². The second-order valence-electron chi connectivity index (χ2n) is 4.69. The third-order valence-corrected chi connectivity index (χ3v) is 3.52. The molecular formula is C13H18N4O2S. The summed E-state index contributed by atoms with van der Waals surface area (Å²) in [5, 5.41) is 7.38. The number of anilines is 2. The average Bonchev–Trinajstić information content (AvgIpc) is 2.78. The maximum absolute atomic E-state index is 11.2. The van der Waals surface area contributed by atoms with E-state index < -0.39 is 9.84 Å². The molecule has 0 atom stereocenters. The summed E-state index contributed by atoms with van der Waals surface area (Å²) >= 11 is 0. The predicted molar refractivity (Wildman–Crippen MR) is 78.6 cm³/mol. The monoisotopic (exact) mass is 294 g/mol. The Morgan fingerprint density at radius 2 is 2.10 bits per heavy atom. The summed E-state index contributed by atoms with van der Waals surface area (Å²) < 4.78 is 24.3. The maximum Gasteiger partial charge on any atom is 0.151 e. The van der Waals surface area contributed by atoms with E-state index in [-0.39, 0.29) is 5.75 Å². The molecule has 6 nitrogen and oxygen atoms in total. The predicted octanol–water partition coefficient (Wildman–Crippen LogP) is 1.98. The van der Waals surface area contributed by atoms with Crippen LogP contribution in [0.15, 0.2) is 30.6 Å². The Labute approximate surface area is 118 Å². The van der Waals surface area contributed by atoms with Crippen molar-refractivity contribution in [2.45, 2.75) is 25.6 Å². The molecule has 2 heterocycles. The van der Waals surface area contributed by atoms with Gasteiger partial charge in [0.1, 0.15) is 11.6 Å². The Bertz CT molecular complexity index is 662. The van der Waals surface area contributed by atoms with Gasteiger partial charge >= 0.3 is 0 Å². The second-order valence-corrected chi connectivity index (χ2v) is 6.83. The van der Waals surface area contributed by atoms with Crippen molar-refractivity contribution in [3.8, 4) is 0 Å². The van der Waals surface area contributed by atoms with Crippen LogP contribution in [0.5, 0.6) is 0 Å². The van der Waals surface area contributed by atoms with Crippen LogP contribution >= 0.6 is 0 Å². The quantitative estimate of drug-likeness (QED) is 0.881. The van der Waals surface area contributed by atoms with E-state index in [1.165, 1.54) is 6.26 Å². The van der Waals surface area contributed by atoms with E-state index in [4.69, 9.17) is 0 Å². The Hall–Kier alpha value is -1.89. The molecule has 0 amide bonds. The first-order valence-electron chi connectivity index (χ1n) is 6.39. The number of sulfone groups is 1. The summed E-state index contributed by atoms with van der Waals surface area (Å²) in [6.07, 6.45) is 5.51. The number of pyridine rings is 1. The van der Waals surface area contributed by atoms with Gasteiger partial charge in [-0.05, 0) is 18.1 Å². The fourth-order valence-electron chi connectivity index (χ4n) is 1.85. The third kappa shape index (κ3) is 4.06. The smallest absolute Gasteiger partial charge is 0.151 e. The lowest BCUT2D eigenvalue weighted by Crippen LogP contribution is -2.05. The molecule has 1 N–H and O–H groups in total. The van der Waals surface area contributed by atoms with Crippen molar-refractivity contribution in [3.63, 3.8) is 0 Å². The van der Waals surface area contributed by atoms with Gasteiger partial charge in [0.05, 0.1) is 11.9 Å². The topological polar surface area (TPSA) is 76.9 Å². The Morgan fingerprint density at radius 3 is 2.70 bits per heavy atom. The number of hydrogen-bond donors (Lipinski definition) is 1. The Morgan fingerprint density at radius 1 is 1.30 bits per heavy atom. The Kier molecular flexibility index (Phi) is 4.39. The maximum atomic E-state index is 11.2. The molecule has 0 spiro atoms. The van der Waals surface area contributed by atoms with Crippen molar-refractivity contribution < 1.29 is 8.42 Å². The van der Waals surface area contributed by atoms with Gasteiger partial charge in [0.2, 0.25) is 0 Å². The molecule has 20 heavy (non-hydrogen) atoms. The number of nitrogens with zero attached hydrogens (tertiary/aromatic N) is 3. The molecule has 0 saturated heterocycles. The summed E-state index contributed by atoms with van der Waals surface area (Å²) in [5.74, 6) is 1.55. The fraction of sp³-hybridized carbons (Fsp3) is 0.385. The van der Waals surface area contributed by atoms with E-state index in [1.807, 2.05) is 10.7 Å². The lowest BCUT2D eigenvalue weighted by Gasteiger charge is -2.08.